The summed E-state index contributed by atoms with van der Waals surface area (Å²) in [5, 5.41) is 3.85. The van der Waals surface area contributed by atoms with Gasteiger partial charge in [-0.15, -0.1) is 0 Å². The highest BCUT2D eigenvalue weighted by atomic mass is 15.3. The molecule has 0 aromatic carbocycles. The molecular formula is C15H30N2. The van der Waals surface area contributed by atoms with Gasteiger partial charge in [0, 0.05) is 30.7 Å². The van der Waals surface area contributed by atoms with Crippen molar-refractivity contribution in [3.8, 4) is 0 Å². The van der Waals surface area contributed by atoms with Crippen molar-refractivity contribution in [2.45, 2.75) is 77.4 Å². The second kappa shape index (κ2) is 5.27. The van der Waals surface area contributed by atoms with E-state index >= 15 is 0 Å². The topological polar surface area (TPSA) is 15.3 Å². The summed E-state index contributed by atoms with van der Waals surface area (Å²) in [6, 6.07) is 1.55. The summed E-state index contributed by atoms with van der Waals surface area (Å²) in [6.07, 6.45) is 6.76. The van der Waals surface area contributed by atoms with Gasteiger partial charge >= 0.3 is 0 Å². The van der Waals surface area contributed by atoms with E-state index in [1.165, 1.54) is 45.2 Å². The molecule has 17 heavy (non-hydrogen) atoms. The standard InChI is InChI=1S/C15H30N2/c1-5-13(6-2)17-11-15(4,12-8-9-12)16-10-14(17)7-3/h12-14,16H,5-11H2,1-4H3. The van der Waals surface area contributed by atoms with Crippen LogP contribution in [0.15, 0.2) is 0 Å². The van der Waals surface area contributed by atoms with Gasteiger partial charge in [0.1, 0.15) is 0 Å². The van der Waals surface area contributed by atoms with E-state index in [1.54, 1.807) is 0 Å². The van der Waals surface area contributed by atoms with Gasteiger partial charge in [-0.3, -0.25) is 4.90 Å². The Morgan fingerprint density at radius 3 is 2.35 bits per heavy atom. The summed E-state index contributed by atoms with van der Waals surface area (Å²) in [5.74, 6) is 0.942. The van der Waals surface area contributed by atoms with E-state index in [4.69, 9.17) is 0 Å². The highest BCUT2D eigenvalue weighted by molar-refractivity contribution is 5.04. The van der Waals surface area contributed by atoms with Gasteiger partial charge in [-0.05, 0) is 44.9 Å². The zero-order valence-corrected chi connectivity index (χ0v) is 12.1. The van der Waals surface area contributed by atoms with Gasteiger partial charge in [0.15, 0.2) is 0 Å². The molecule has 2 rings (SSSR count). The molecule has 0 radical (unpaired) electrons. The van der Waals surface area contributed by atoms with E-state index in [1.807, 2.05) is 0 Å². The Morgan fingerprint density at radius 1 is 1.24 bits per heavy atom. The molecule has 2 atom stereocenters. The van der Waals surface area contributed by atoms with Crippen LogP contribution in [0.3, 0.4) is 0 Å². The van der Waals surface area contributed by atoms with Gasteiger partial charge in [0.05, 0.1) is 0 Å². The molecule has 2 nitrogen and oxygen atoms in total. The lowest BCUT2D eigenvalue weighted by Crippen LogP contribution is -2.65. The van der Waals surface area contributed by atoms with Crippen LogP contribution in [-0.2, 0) is 0 Å². The molecule has 0 amide bonds. The second-order valence-corrected chi connectivity index (χ2v) is 6.28. The van der Waals surface area contributed by atoms with Gasteiger partial charge in [-0.2, -0.15) is 0 Å². The second-order valence-electron chi connectivity index (χ2n) is 6.28. The SMILES string of the molecule is CCC(CC)N1CC(C)(C2CC2)NCC1CC. The third kappa shape index (κ3) is 2.68. The van der Waals surface area contributed by atoms with E-state index < -0.39 is 0 Å². The van der Waals surface area contributed by atoms with Crippen molar-refractivity contribution in [1.82, 2.24) is 10.2 Å². The van der Waals surface area contributed by atoms with E-state index in [-0.39, 0.29) is 0 Å². The maximum absolute atomic E-state index is 3.85. The Morgan fingerprint density at radius 2 is 1.88 bits per heavy atom. The first-order valence-electron chi connectivity index (χ1n) is 7.65. The Hall–Kier alpha value is -0.0800. The summed E-state index contributed by atoms with van der Waals surface area (Å²) in [6.45, 7) is 11.9. The molecule has 0 spiro atoms. The Labute approximate surface area is 107 Å². The summed E-state index contributed by atoms with van der Waals surface area (Å²) in [7, 11) is 0. The molecule has 2 aliphatic rings. The number of nitrogens with one attached hydrogen (secondary N) is 1. The number of rotatable bonds is 5. The quantitative estimate of drug-likeness (QED) is 0.792. The van der Waals surface area contributed by atoms with Crippen LogP contribution in [0.1, 0.15) is 59.8 Å². The van der Waals surface area contributed by atoms with Crippen molar-refractivity contribution in [3.63, 3.8) is 0 Å². The zero-order chi connectivity index (χ0) is 12.5. The number of piperazine rings is 1. The van der Waals surface area contributed by atoms with Crippen LogP contribution >= 0.6 is 0 Å². The van der Waals surface area contributed by atoms with Gasteiger partial charge < -0.3 is 5.32 Å². The number of nitrogens with zero attached hydrogens (tertiary/aromatic N) is 1. The van der Waals surface area contributed by atoms with Crippen LogP contribution in [0, 0.1) is 5.92 Å². The van der Waals surface area contributed by atoms with Crippen molar-refractivity contribution in [1.29, 1.82) is 0 Å². The molecule has 1 saturated heterocycles. The highest BCUT2D eigenvalue weighted by Crippen LogP contribution is 2.42. The van der Waals surface area contributed by atoms with Crippen LogP contribution in [0.5, 0.6) is 0 Å². The van der Waals surface area contributed by atoms with Gasteiger partial charge in [0.2, 0.25) is 0 Å². The normalized spacial score (nSPS) is 35.5. The summed E-state index contributed by atoms with van der Waals surface area (Å²) in [5.41, 5.74) is 0.397. The molecule has 0 bridgehead atoms. The fraction of sp³-hybridized carbons (Fsp3) is 1.00. The number of hydrogen-bond acceptors (Lipinski definition) is 2. The fourth-order valence-corrected chi connectivity index (χ4v) is 3.59. The van der Waals surface area contributed by atoms with Crippen molar-refractivity contribution in [2.24, 2.45) is 5.92 Å². The molecule has 1 N–H and O–H groups in total. The lowest BCUT2D eigenvalue weighted by atomic mass is 9.88. The fourth-order valence-electron chi connectivity index (χ4n) is 3.59. The van der Waals surface area contributed by atoms with Gasteiger partial charge in [-0.25, -0.2) is 0 Å². The first-order chi connectivity index (χ1) is 8.14. The number of hydrogen-bond donors (Lipinski definition) is 1. The Bertz CT molecular complexity index is 238. The van der Waals surface area contributed by atoms with Crippen molar-refractivity contribution in [3.05, 3.63) is 0 Å². The average Bonchev–Trinajstić information content (AvgIpc) is 3.15. The minimum absolute atomic E-state index is 0.397. The van der Waals surface area contributed by atoms with Gasteiger partial charge in [0.25, 0.3) is 0 Å². The van der Waals surface area contributed by atoms with E-state index in [0.717, 1.165) is 18.0 Å². The summed E-state index contributed by atoms with van der Waals surface area (Å²) in [4.78, 5) is 2.81. The maximum Gasteiger partial charge on any atom is 0.0309 e. The van der Waals surface area contributed by atoms with E-state index in [2.05, 4.69) is 37.9 Å². The van der Waals surface area contributed by atoms with Crippen LogP contribution in [0.2, 0.25) is 0 Å². The third-order valence-electron chi connectivity index (χ3n) is 5.08. The summed E-state index contributed by atoms with van der Waals surface area (Å²) >= 11 is 0. The highest BCUT2D eigenvalue weighted by Gasteiger charge is 2.46. The van der Waals surface area contributed by atoms with E-state index in [0.29, 0.717) is 5.54 Å². The maximum atomic E-state index is 3.85. The molecule has 0 aromatic rings. The lowest BCUT2D eigenvalue weighted by Gasteiger charge is -2.49. The minimum Gasteiger partial charge on any atom is -0.308 e. The molecular weight excluding hydrogens is 208 g/mol. The lowest BCUT2D eigenvalue weighted by molar-refractivity contribution is 0.0335. The molecule has 100 valence electrons. The van der Waals surface area contributed by atoms with E-state index in [9.17, 15) is 0 Å². The van der Waals surface area contributed by atoms with Crippen molar-refractivity contribution < 1.29 is 0 Å². The van der Waals surface area contributed by atoms with Crippen LogP contribution in [-0.4, -0.2) is 35.6 Å². The van der Waals surface area contributed by atoms with Crippen molar-refractivity contribution in [2.75, 3.05) is 13.1 Å². The molecule has 1 aliphatic heterocycles. The average molecular weight is 238 g/mol. The molecule has 2 fully saturated rings. The molecule has 2 unspecified atom stereocenters. The zero-order valence-electron chi connectivity index (χ0n) is 12.1. The molecule has 2 heteroatoms. The first kappa shape index (κ1) is 13.4. The molecule has 1 saturated carbocycles. The largest absolute Gasteiger partial charge is 0.308 e. The predicted molar refractivity (Wildman–Crippen MR) is 74.3 cm³/mol. The molecule has 1 aliphatic carbocycles. The predicted octanol–water partition coefficient (Wildman–Crippen LogP) is 3.03. The third-order valence-corrected chi connectivity index (χ3v) is 5.08. The first-order valence-corrected chi connectivity index (χ1v) is 7.65. The molecule has 0 aromatic heterocycles. The van der Waals surface area contributed by atoms with Crippen LogP contribution < -0.4 is 5.32 Å². The Balaban J connectivity index is 2.07. The van der Waals surface area contributed by atoms with Gasteiger partial charge in [-0.1, -0.05) is 20.8 Å². The van der Waals surface area contributed by atoms with Crippen LogP contribution in [0.25, 0.3) is 0 Å². The molecule has 1 heterocycles. The van der Waals surface area contributed by atoms with Crippen LogP contribution in [0.4, 0.5) is 0 Å². The Kier molecular flexibility index (Phi) is 4.14. The summed E-state index contributed by atoms with van der Waals surface area (Å²) < 4.78 is 0. The minimum atomic E-state index is 0.397. The van der Waals surface area contributed by atoms with Crippen molar-refractivity contribution >= 4 is 0 Å². The smallest absolute Gasteiger partial charge is 0.0309 e. The monoisotopic (exact) mass is 238 g/mol.